The third-order valence-corrected chi connectivity index (χ3v) is 7.63. The fraction of sp³-hybridized carbons (Fsp3) is 0.778. The lowest BCUT2D eigenvalue weighted by Gasteiger charge is -2.38. The van der Waals surface area contributed by atoms with Crippen molar-refractivity contribution in [2.45, 2.75) is 79.9 Å². The first-order chi connectivity index (χ1) is 9.62. The minimum atomic E-state index is -1.86. The van der Waals surface area contributed by atoms with Crippen molar-refractivity contribution in [2.24, 2.45) is 10.8 Å². The summed E-state index contributed by atoms with van der Waals surface area (Å²) in [7, 11) is -3.73. The second-order valence-electron chi connectivity index (χ2n) is 9.73. The molecule has 128 valence electrons. The summed E-state index contributed by atoms with van der Waals surface area (Å²) in [6, 6.07) is 0. The molecule has 2 nitrogen and oxygen atoms in total. The van der Waals surface area contributed by atoms with Crippen LogP contribution in [0.2, 0.25) is 26.2 Å². The van der Waals surface area contributed by atoms with E-state index in [0.717, 1.165) is 0 Å². The number of rotatable bonds is 0. The summed E-state index contributed by atoms with van der Waals surface area (Å²) < 4.78 is 13.1. The maximum atomic E-state index is 6.57. The van der Waals surface area contributed by atoms with Crippen LogP contribution in [-0.2, 0) is 8.85 Å². The van der Waals surface area contributed by atoms with E-state index < -0.39 is 16.6 Å². The first kappa shape index (κ1) is 19.9. The second kappa shape index (κ2) is 6.38. The highest BCUT2D eigenvalue weighted by molar-refractivity contribution is 6.77. The molecule has 0 spiro atoms. The molecule has 0 aromatic heterocycles. The van der Waals surface area contributed by atoms with Crippen LogP contribution < -0.4 is 0 Å². The van der Waals surface area contributed by atoms with Gasteiger partial charge in [-0.3, -0.25) is 0 Å². The molecule has 1 rings (SSSR count). The van der Waals surface area contributed by atoms with Crippen molar-refractivity contribution in [3.63, 3.8) is 0 Å². The molecule has 1 aliphatic rings. The molecule has 1 aliphatic heterocycles. The van der Waals surface area contributed by atoms with Gasteiger partial charge in [0.15, 0.2) is 0 Å². The van der Waals surface area contributed by atoms with Crippen LogP contribution in [-0.4, -0.2) is 28.8 Å². The third kappa shape index (κ3) is 6.15. The Bertz CT molecular complexity index is 395. The quantitative estimate of drug-likeness (QED) is 0.545. The van der Waals surface area contributed by atoms with Gasteiger partial charge in [0, 0.05) is 0 Å². The standard InChI is InChI=1S/C18H36O2Si2/c1-17(2,3)15-11-13-22(9,10)20-16(18(4,5)6)12-14-21(7,8)19-15/h11-16H,1-10H3/b13-11+,14-12+. The Balaban J connectivity index is 3.22. The molecule has 0 N–H and O–H groups in total. The molecule has 2 atom stereocenters. The van der Waals surface area contributed by atoms with Gasteiger partial charge in [-0.05, 0) is 37.0 Å². The van der Waals surface area contributed by atoms with Crippen molar-refractivity contribution in [3.05, 3.63) is 23.6 Å². The van der Waals surface area contributed by atoms with Crippen molar-refractivity contribution >= 4 is 16.6 Å². The Morgan fingerprint density at radius 1 is 0.636 bits per heavy atom. The van der Waals surface area contributed by atoms with Crippen molar-refractivity contribution in [1.29, 1.82) is 0 Å². The van der Waals surface area contributed by atoms with Crippen LogP contribution in [0.15, 0.2) is 23.6 Å². The van der Waals surface area contributed by atoms with E-state index in [2.05, 4.69) is 91.3 Å². The predicted molar refractivity (Wildman–Crippen MR) is 102 cm³/mol. The van der Waals surface area contributed by atoms with Crippen molar-refractivity contribution in [2.75, 3.05) is 0 Å². The summed E-state index contributed by atoms with van der Waals surface area (Å²) in [6.45, 7) is 22.5. The maximum absolute atomic E-state index is 6.57. The van der Waals surface area contributed by atoms with Gasteiger partial charge in [-0.2, -0.15) is 0 Å². The van der Waals surface area contributed by atoms with E-state index in [9.17, 15) is 0 Å². The van der Waals surface area contributed by atoms with E-state index in [-0.39, 0.29) is 23.0 Å². The fourth-order valence-electron chi connectivity index (χ4n) is 2.38. The van der Waals surface area contributed by atoms with Gasteiger partial charge in [-0.25, -0.2) is 0 Å². The molecule has 2 unspecified atom stereocenters. The van der Waals surface area contributed by atoms with Crippen LogP contribution in [0.1, 0.15) is 41.5 Å². The van der Waals surface area contributed by atoms with Crippen LogP contribution >= 0.6 is 0 Å². The lowest BCUT2D eigenvalue weighted by Crippen LogP contribution is -2.44. The Morgan fingerprint density at radius 3 is 1.14 bits per heavy atom. The molecule has 0 saturated heterocycles. The van der Waals surface area contributed by atoms with Crippen LogP contribution in [0.5, 0.6) is 0 Å². The van der Waals surface area contributed by atoms with Gasteiger partial charge in [-0.1, -0.05) is 65.1 Å². The molecule has 0 aromatic rings. The van der Waals surface area contributed by atoms with Gasteiger partial charge in [0.1, 0.15) is 0 Å². The molecule has 0 amide bonds. The number of hydrogen-bond acceptors (Lipinski definition) is 2. The third-order valence-electron chi connectivity index (χ3n) is 3.91. The Labute approximate surface area is 140 Å². The van der Waals surface area contributed by atoms with Gasteiger partial charge in [0.2, 0.25) is 16.6 Å². The van der Waals surface area contributed by atoms with E-state index in [4.69, 9.17) is 8.85 Å². The molecule has 0 radical (unpaired) electrons. The van der Waals surface area contributed by atoms with Crippen LogP contribution in [0.4, 0.5) is 0 Å². The highest BCUT2D eigenvalue weighted by Crippen LogP contribution is 2.32. The SMILES string of the molecule is CC(C)(C)C1/C=C/[Si](C)(C)OC(C(C)(C)C)/C=C/[Si](C)(C)O1. The zero-order valence-corrected chi connectivity index (χ0v) is 18.3. The minimum Gasteiger partial charge on any atom is -0.407 e. The Kier molecular flexibility index (Phi) is 5.77. The van der Waals surface area contributed by atoms with Gasteiger partial charge < -0.3 is 8.85 Å². The highest BCUT2D eigenvalue weighted by Gasteiger charge is 2.35. The average molecular weight is 341 g/mol. The molecule has 0 fully saturated rings. The second-order valence-corrected chi connectivity index (χ2v) is 17.3. The van der Waals surface area contributed by atoms with Crippen LogP contribution in [0.3, 0.4) is 0 Å². The molecular formula is C18H36O2Si2. The average Bonchev–Trinajstić information content (AvgIpc) is 2.26. The van der Waals surface area contributed by atoms with E-state index in [1.807, 2.05) is 0 Å². The van der Waals surface area contributed by atoms with E-state index in [1.54, 1.807) is 0 Å². The maximum Gasteiger partial charge on any atom is 0.211 e. The van der Waals surface area contributed by atoms with Crippen molar-refractivity contribution < 1.29 is 8.85 Å². The molecule has 0 bridgehead atoms. The fourth-order valence-corrected chi connectivity index (χ4v) is 5.99. The van der Waals surface area contributed by atoms with Gasteiger partial charge >= 0.3 is 0 Å². The topological polar surface area (TPSA) is 18.5 Å². The minimum absolute atomic E-state index is 0.0989. The summed E-state index contributed by atoms with van der Waals surface area (Å²) in [5.74, 6) is 0. The first-order valence-corrected chi connectivity index (χ1v) is 14.3. The van der Waals surface area contributed by atoms with E-state index in [1.165, 1.54) is 0 Å². The van der Waals surface area contributed by atoms with Crippen LogP contribution in [0, 0.1) is 10.8 Å². The molecule has 0 aliphatic carbocycles. The number of hydrogen-bond donors (Lipinski definition) is 0. The van der Waals surface area contributed by atoms with E-state index in [0.29, 0.717) is 0 Å². The molecule has 0 aromatic carbocycles. The first-order valence-electron chi connectivity index (χ1n) is 8.37. The molecule has 22 heavy (non-hydrogen) atoms. The summed E-state index contributed by atoms with van der Waals surface area (Å²) >= 11 is 0. The van der Waals surface area contributed by atoms with Gasteiger partial charge in [0.25, 0.3) is 0 Å². The predicted octanol–water partition coefficient (Wildman–Crippen LogP) is 5.46. The monoisotopic (exact) mass is 340 g/mol. The lowest BCUT2D eigenvalue weighted by atomic mass is 9.89. The highest BCUT2D eigenvalue weighted by atomic mass is 28.4. The molecule has 0 saturated carbocycles. The molecular weight excluding hydrogens is 304 g/mol. The summed E-state index contributed by atoms with van der Waals surface area (Å²) in [6.07, 6.45) is 4.81. The molecule has 1 heterocycles. The Morgan fingerprint density at radius 2 is 0.909 bits per heavy atom. The smallest absolute Gasteiger partial charge is 0.211 e. The lowest BCUT2D eigenvalue weighted by molar-refractivity contribution is 0.115. The zero-order chi connectivity index (χ0) is 17.4. The summed E-state index contributed by atoms with van der Waals surface area (Å²) in [5.41, 5.74) is 4.82. The van der Waals surface area contributed by atoms with Gasteiger partial charge in [0.05, 0.1) is 12.2 Å². The van der Waals surface area contributed by atoms with E-state index >= 15 is 0 Å². The van der Waals surface area contributed by atoms with Crippen LogP contribution in [0.25, 0.3) is 0 Å². The summed E-state index contributed by atoms with van der Waals surface area (Å²) in [4.78, 5) is 0. The molecule has 4 heteroatoms. The van der Waals surface area contributed by atoms with Gasteiger partial charge in [-0.15, -0.1) is 0 Å². The summed E-state index contributed by atoms with van der Waals surface area (Å²) in [5, 5.41) is 0. The zero-order valence-electron chi connectivity index (χ0n) is 16.3. The Hall–Kier alpha value is -0.166. The largest absolute Gasteiger partial charge is 0.407 e. The van der Waals surface area contributed by atoms with Crippen molar-refractivity contribution in [3.8, 4) is 0 Å². The normalized spacial score (nSPS) is 32.3. The van der Waals surface area contributed by atoms with Crippen molar-refractivity contribution in [1.82, 2.24) is 0 Å².